The number of H-pyrrole nitrogens is 1. The maximum Gasteiger partial charge on any atom is 0.280 e. The van der Waals surface area contributed by atoms with Gasteiger partial charge in [0, 0.05) is 19.2 Å². The highest BCUT2D eigenvalue weighted by molar-refractivity contribution is 7.44. The molecule has 2 aromatic heterocycles. The van der Waals surface area contributed by atoms with Gasteiger partial charge in [-0.25, -0.2) is 9.65 Å². The van der Waals surface area contributed by atoms with E-state index in [2.05, 4.69) is 38.8 Å². The number of carbonyl (C=O) groups excluding carboxylic acids is 1. The molecule has 0 saturated carbocycles. The van der Waals surface area contributed by atoms with Crippen LogP contribution in [0.15, 0.2) is 114 Å². The maximum atomic E-state index is 13.5. The number of ether oxygens (including phenoxy) is 4. The molecule has 3 heterocycles. The van der Waals surface area contributed by atoms with Crippen molar-refractivity contribution in [2.24, 2.45) is 0 Å². The number of aliphatic hydroxyl groups is 2. The molecular formula is C49H59N6O10P. The lowest BCUT2D eigenvalue weighted by molar-refractivity contribution is -0.118. The van der Waals surface area contributed by atoms with Gasteiger partial charge in [0.05, 0.1) is 26.0 Å². The highest BCUT2D eigenvalue weighted by Crippen LogP contribution is 2.53. The van der Waals surface area contributed by atoms with Crippen molar-refractivity contribution in [2.75, 3.05) is 33.3 Å². The molecule has 350 valence electrons. The summed E-state index contributed by atoms with van der Waals surface area (Å²) in [5.41, 5.74) is 1.11. The molecule has 17 heteroatoms. The van der Waals surface area contributed by atoms with Gasteiger partial charge in [-0.2, -0.15) is 4.98 Å². The van der Waals surface area contributed by atoms with Gasteiger partial charge in [-0.05, 0) is 92.3 Å². The molecule has 4 aromatic carbocycles. The van der Waals surface area contributed by atoms with Crippen LogP contribution in [0.3, 0.4) is 0 Å². The topological polar surface area (TPSA) is 192 Å². The van der Waals surface area contributed by atoms with E-state index >= 15 is 0 Å². The lowest BCUT2D eigenvalue weighted by Crippen LogP contribution is -2.53. The van der Waals surface area contributed by atoms with Gasteiger partial charge in [0.1, 0.15) is 41.7 Å². The van der Waals surface area contributed by atoms with Gasteiger partial charge >= 0.3 is 0 Å². The van der Waals surface area contributed by atoms with Crippen LogP contribution < -0.4 is 25.1 Å². The molecule has 66 heavy (non-hydrogen) atoms. The Labute approximate surface area is 385 Å². The molecular weight excluding hydrogens is 864 g/mol. The molecule has 1 fully saturated rings. The van der Waals surface area contributed by atoms with Gasteiger partial charge in [0.15, 0.2) is 24.0 Å². The number of aliphatic hydroxyl groups excluding tert-OH is 2. The van der Waals surface area contributed by atoms with E-state index in [1.54, 1.807) is 33.5 Å². The fourth-order valence-corrected chi connectivity index (χ4v) is 10.2. The first kappa shape index (κ1) is 48.2. The first-order valence-corrected chi connectivity index (χ1v) is 23.0. The van der Waals surface area contributed by atoms with Gasteiger partial charge in [-0.1, -0.05) is 80.6 Å². The van der Waals surface area contributed by atoms with E-state index in [4.69, 9.17) is 28.0 Å². The Kier molecular flexibility index (Phi) is 15.2. The fraction of sp³-hybridized carbons (Fsp3) is 0.388. The van der Waals surface area contributed by atoms with E-state index in [1.807, 2.05) is 119 Å². The Morgan fingerprint density at radius 1 is 0.848 bits per heavy atom. The number of fused-ring (bicyclic) bond motifs is 1. The van der Waals surface area contributed by atoms with E-state index in [1.165, 1.54) is 10.9 Å². The molecule has 6 atom stereocenters. The number of amides is 1. The van der Waals surface area contributed by atoms with Crippen molar-refractivity contribution in [2.45, 2.75) is 95.6 Å². The number of hydrogen-bond acceptors (Lipinski definition) is 13. The highest BCUT2D eigenvalue weighted by atomic mass is 31.2. The molecule has 0 bridgehead atoms. The third-order valence-electron chi connectivity index (χ3n) is 11.8. The summed E-state index contributed by atoms with van der Waals surface area (Å²) >= 11 is 0. The number of anilines is 1. The van der Waals surface area contributed by atoms with E-state index in [0.717, 1.165) is 5.56 Å². The van der Waals surface area contributed by atoms with Crippen LogP contribution in [0.5, 0.6) is 17.2 Å². The van der Waals surface area contributed by atoms with Gasteiger partial charge < -0.3 is 38.2 Å². The summed E-state index contributed by atoms with van der Waals surface area (Å²) in [6.45, 7) is 11.9. The Bertz CT molecular complexity index is 2530. The molecule has 16 nitrogen and oxygen atoms in total. The number of methoxy groups -OCH3 is 2. The highest BCUT2D eigenvalue weighted by Gasteiger charge is 2.57. The molecule has 1 amide bonds. The second-order valence-electron chi connectivity index (χ2n) is 16.9. The van der Waals surface area contributed by atoms with E-state index in [-0.39, 0.29) is 35.8 Å². The standard InChI is InChI=1S/C49H59N6O10P/c1-29(2)32-15-21-38(22-16-32)63-27-39(56)51-48-52-45-40(46(59)53-48)50-28-54(45)47-41(57)42(65-66(62-9)55(30(3)4)31(5)6)43(64-47)44(58)49(33-13-11-10-12-14-33,34-17-23-36(60-7)24-18-34)35-19-25-37(61-8)26-20-35/h10-26,28-31,41-44,47,57-58H,27H2,1-9H3,(H2,51,52,53,56,59)/t41-,42+,43+,44?,47-,66?/m1/s1. The number of rotatable bonds is 19. The van der Waals surface area contributed by atoms with Crippen molar-refractivity contribution in [3.05, 3.63) is 142 Å². The zero-order chi connectivity index (χ0) is 47.3. The smallest absolute Gasteiger partial charge is 0.280 e. The van der Waals surface area contributed by atoms with Crippen molar-refractivity contribution < 1.29 is 43.0 Å². The first-order chi connectivity index (χ1) is 31.7. The second kappa shape index (κ2) is 20.9. The SMILES string of the molecule is COc1ccc(C(c2ccccc2)(c2ccc(OC)cc2)C(O)[C@H]2O[C@@H](n3cnc4c(=O)[nH]c(NC(=O)COc5ccc(C(C)C)cc5)nc43)[C@H](O)[C@@H]2OP(OC)N(C(C)C)C(C)C)cc1. The average molecular weight is 923 g/mol. The summed E-state index contributed by atoms with van der Waals surface area (Å²) < 4.78 is 40.1. The summed E-state index contributed by atoms with van der Waals surface area (Å²) in [6, 6.07) is 31.8. The summed E-state index contributed by atoms with van der Waals surface area (Å²) in [6.07, 6.45) is -5.53. The minimum absolute atomic E-state index is 0.00296. The van der Waals surface area contributed by atoms with Crippen LogP contribution in [0.2, 0.25) is 0 Å². The van der Waals surface area contributed by atoms with E-state index < -0.39 is 56.1 Å². The zero-order valence-corrected chi connectivity index (χ0v) is 39.5. The van der Waals surface area contributed by atoms with Gasteiger partial charge in [0.2, 0.25) is 5.95 Å². The van der Waals surface area contributed by atoms with E-state index in [0.29, 0.717) is 39.9 Å². The monoisotopic (exact) mass is 922 g/mol. The van der Waals surface area contributed by atoms with Crippen LogP contribution >= 0.6 is 8.53 Å². The van der Waals surface area contributed by atoms with Gasteiger partial charge in [-0.3, -0.25) is 24.5 Å². The van der Waals surface area contributed by atoms with Crippen LogP contribution in [0.25, 0.3) is 11.2 Å². The number of nitrogens with one attached hydrogen (secondary N) is 2. The summed E-state index contributed by atoms with van der Waals surface area (Å²) in [7, 11) is 2.85. The van der Waals surface area contributed by atoms with Crippen molar-refractivity contribution in [3.63, 3.8) is 0 Å². The van der Waals surface area contributed by atoms with Crippen LogP contribution in [0.1, 0.15) is 75.9 Å². The molecule has 1 saturated heterocycles. The van der Waals surface area contributed by atoms with Crippen LogP contribution in [0.4, 0.5) is 5.95 Å². The Balaban J connectivity index is 1.32. The van der Waals surface area contributed by atoms with Crippen molar-refractivity contribution in [1.82, 2.24) is 24.2 Å². The zero-order valence-electron chi connectivity index (χ0n) is 38.6. The molecule has 7 rings (SSSR count). The fourth-order valence-electron chi connectivity index (χ4n) is 8.66. The van der Waals surface area contributed by atoms with Gasteiger partial charge in [0.25, 0.3) is 20.0 Å². The lowest BCUT2D eigenvalue weighted by atomic mass is 9.64. The number of benzene rings is 4. The molecule has 2 unspecified atom stereocenters. The van der Waals surface area contributed by atoms with Crippen LogP contribution in [0, 0.1) is 0 Å². The third-order valence-corrected chi connectivity index (χ3v) is 13.9. The molecule has 0 radical (unpaired) electrons. The molecule has 0 spiro atoms. The number of hydrogen-bond donors (Lipinski definition) is 4. The second-order valence-corrected chi connectivity index (χ2v) is 18.4. The average Bonchev–Trinajstić information content (AvgIpc) is 3.89. The normalized spacial score (nSPS) is 18.6. The summed E-state index contributed by atoms with van der Waals surface area (Å²) in [5, 5.41) is 28.7. The predicted octanol–water partition coefficient (Wildman–Crippen LogP) is 7.31. The summed E-state index contributed by atoms with van der Waals surface area (Å²) in [4.78, 5) is 38.2. The van der Waals surface area contributed by atoms with Crippen LogP contribution in [-0.4, -0.2) is 105 Å². The van der Waals surface area contributed by atoms with Crippen molar-refractivity contribution in [1.29, 1.82) is 0 Å². The number of aromatic nitrogens is 4. The minimum Gasteiger partial charge on any atom is -0.497 e. The van der Waals surface area contributed by atoms with Crippen LogP contribution in [-0.2, 0) is 24.0 Å². The predicted molar refractivity (Wildman–Crippen MR) is 252 cm³/mol. The first-order valence-electron chi connectivity index (χ1n) is 21.9. The van der Waals surface area contributed by atoms with E-state index in [9.17, 15) is 19.8 Å². The number of imidazole rings is 1. The Hall–Kier alpha value is -5.71. The summed E-state index contributed by atoms with van der Waals surface area (Å²) in [5.74, 6) is 1.31. The van der Waals surface area contributed by atoms with Crippen molar-refractivity contribution >= 4 is 31.5 Å². The van der Waals surface area contributed by atoms with Crippen molar-refractivity contribution in [3.8, 4) is 17.2 Å². The number of nitrogens with zero attached hydrogens (tertiary/aromatic N) is 4. The Morgan fingerprint density at radius 2 is 1.41 bits per heavy atom. The maximum absolute atomic E-state index is 13.5. The quantitative estimate of drug-likeness (QED) is 0.0468. The van der Waals surface area contributed by atoms with Gasteiger partial charge in [-0.15, -0.1) is 0 Å². The molecule has 0 aliphatic carbocycles. The number of aromatic amines is 1. The molecule has 6 aromatic rings. The third kappa shape index (κ3) is 9.72. The minimum atomic E-state index is -1.86. The Morgan fingerprint density at radius 3 is 1.94 bits per heavy atom. The number of carbonyl (C=O) groups is 1. The largest absolute Gasteiger partial charge is 0.497 e. The molecule has 1 aliphatic rings. The molecule has 4 N–H and O–H groups in total. The molecule has 1 aliphatic heterocycles. The lowest BCUT2D eigenvalue weighted by Gasteiger charge is -2.44.